The number of benzene rings is 2. The molecule has 4 rings (SSSR count). The van der Waals surface area contributed by atoms with E-state index in [1.165, 1.54) is 7.11 Å². The molecular weight excluding hydrogens is 418 g/mol. The number of methoxy groups -OCH3 is 2. The highest BCUT2D eigenvalue weighted by Gasteiger charge is 2.50. The molecule has 2 fully saturated rings. The summed E-state index contributed by atoms with van der Waals surface area (Å²) in [5, 5.41) is 11.6. The average molecular weight is 442 g/mol. The van der Waals surface area contributed by atoms with Gasteiger partial charge in [0.15, 0.2) is 0 Å². The van der Waals surface area contributed by atoms with E-state index in [4.69, 9.17) is 21.1 Å². The van der Waals surface area contributed by atoms with Gasteiger partial charge in [0, 0.05) is 17.2 Å². The fourth-order valence-corrected chi connectivity index (χ4v) is 4.76. The molecule has 1 unspecified atom stereocenters. The van der Waals surface area contributed by atoms with Crippen LogP contribution in [0, 0.1) is 0 Å². The van der Waals surface area contributed by atoms with Crippen molar-refractivity contribution in [2.24, 2.45) is 0 Å². The first-order chi connectivity index (χ1) is 15.0. The highest BCUT2D eigenvalue weighted by Crippen LogP contribution is 2.46. The third kappa shape index (κ3) is 3.65. The summed E-state index contributed by atoms with van der Waals surface area (Å²) in [6, 6.07) is 11.2. The second-order valence-electron chi connectivity index (χ2n) is 7.74. The lowest BCUT2D eigenvalue weighted by molar-refractivity contribution is -0.141. The standard InChI is InChI=1S/C24H24ClNO5/c1-30-18-10-6-5-9-16(18)21-20(22(27)14-11-12-17(25)19(13-14)31-2)23(28)24(29)26(21)15-7-3-4-8-15/h5-6,9-13,15,21,27H,3-4,7-8H2,1-2H3/b22-20+. The van der Waals surface area contributed by atoms with Crippen LogP contribution >= 0.6 is 11.6 Å². The number of rotatable bonds is 5. The Morgan fingerprint density at radius 3 is 2.39 bits per heavy atom. The number of aliphatic hydroxyl groups is 1. The summed E-state index contributed by atoms with van der Waals surface area (Å²) in [6.45, 7) is 0. The number of carbonyl (C=O) groups excluding carboxylic acids is 2. The number of likely N-dealkylation sites (tertiary alicyclic amines) is 1. The second kappa shape index (κ2) is 8.63. The van der Waals surface area contributed by atoms with E-state index >= 15 is 0 Å². The van der Waals surface area contributed by atoms with Crippen LogP contribution in [-0.4, -0.2) is 42.0 Å². The Morgan fingerprint density at radius 2 is 1.71 bits per heavy atom. The lowest BCUT2D eigenvalue weighted by atomic mass is 9.94. The Bertz CT molecular complexity index is 1060. The lowest BCUT2D eigenvalue weighted by Gasteiger charge is -2.31. The minimum atomic E-state index is -0.735. The Labute approximate surface area is 186 Å². The number of ketones is 1. The summed E-state index contributed by atoms with van der Waals surface area (Å²) in [4.78, 5) is 28.0. The minimum Gasteiger partial charge on any atom is -0.507 e. The smallest absolute Gasteiger partial charge is 0.295 e. The van der Waals surface area contributed by atoms with Crippen LogP contribution < -0.4 is 9.47 Å². The van der Waals surface area contributed by atoms with Crippen LogP contribution in [0.25, 0.3) is 5.76 Å². The molecule has 1 saturated heterocycles. The summed E-state index contributed by atoms with van der Waals surface area (Å²) in [5.41, 5.74) is 1.06. The van der Waals surface area contributed by atoms with E-state index in [-0.39, 0.29) is 17.4 Å². The molecule has 0 aromatic heterocycles. The normalized spacial score (nSPS) is 21.0. The Balaban J connectivity index is 1.93. The van der Waals surface area contributed by atoms with E-state index in [1.807, 2.05) is 18.2 Å². The number of aliphatic hydroxyl groups excluding tert-OH is 1. The maximum absolute atomic E-state index is 13.2. The monoisotopic (exact) mass is 441 g/mol. The van der Waals surface area contributed by atoms with Gasteiger partial charge in [-0.25, -0.2) is 0 Å². The van der Waals surface area contributed by atoms with Crippen molar-refractivity contribution in [3.8, 4) is 11.5 Å². The van der Waals surface area contributed by atoms with E-state index < -0.39 is 17.7 Å². The first kappa shape index (κ1) is 21.2. The van der Waals surface area contributed by atoms with E-state index in [0.717, 1.165) is 25.7 Å². The molecule has 162 valence electrons. The van der Waals surface area contributed by atoms with Gasteiger partial charge in [0.1, 0.15) is 17.3 Å². The molecule has 2 aromatic rings. The number of nitrogens with zero attached hydrogens (tertiary/aromatic N) is 1. The average Bonchev–Trinajstić information content (AvgIpc) is 3.40. The van der Waals surface area contributed by atoms with Gasteiger partial charge in [-0.05, 0) is 37.1 Å². The van der Waals surface area contributed by atoms with E-state index in [0.29, 0.717) is 27.6 Å². The van der Waals surface area contributed by atoms with Crippen molar-refractivity contribution in [3.63, 3.8) is 0 Å². The molecule has 31 heavy (non-hydrogen) atoms. The summed E-state index contributed by atoms with van der Waals surface area (Å²) in [6.07, 6.45) is 3.66. The molecule has 1 saturated carbocycles. The van der Waals surface area contributed by atoms with Crippen LogP contribution in [0.5, 0.6) is 11.5 Å². The van der Waals surface area contributed by atoms with Crippen molar-refractivity contribution in [3.05, 3.63) is 64.2 Å². The molecule has 1 atom stereocenters. The van der Waals surface area contributed by atoms with E-state index in [2.05, 4.69) is 0 Å². The Morgan fingerprint density at radius 1 is 1.03 bits per heavy atom. The molecule has 1 N–H and O–H groups in total. The molecule has 1 heterocycles. The summed E-state index contributed by atoms with van der Waals surface area (Å²) in [5.74, 6) is -0.634. The molecule has 0 radical (unpaired) electrons. The zero-order chi connectivity index (χ0) is 22.1. The predicted octanol–water partition coefficient (Wildman–Crippen LogP) is 4.72. The SMILES string of the molecule is COc1cc(/C(O)=C2\C(=O)C(=O)N(C3CCCC3)C2c2ccccc2OC)ccc1Cl. The zero-order valence-corrected chi connectivity index (χ0v) is 18.2. The van der Waals surface area contributed by atoms with E-state index in [1.54, 1.807) is 36.3 Å². The fraction of sp³-hybridized carbons (Fsp3) is 0.333. The van der Waals surface area contributed by atoms with Gasteiger partial charge < -0.3 is 19.5 Å². The van der Waals surface area contributed by atoms with Crippen molar-refractivity contribution >= 4 is 29.1 Å². The fourth-order valence-electron chi connectivity index (χ4n) is 4.57. The van der Waals surface area contributed by atoms with Crippen molar-refractivity contribution in [1.29, 1.82) is 0 Å². The van der Waals surface area contributed by atoms with Gasteiger partial charge in [0.05, 0.1) is 30.9 Å². The van der Waals surface area contributed by atoms with Crippen LogP contribution in [0.2, 0.25) is 5.02 Å². The quantitative estimate of drug-likeness (QED) is 0.412. The van der Waals surface area contributed by atoms with Crippen LogP contribution in [-0.2, 0) is 9.59 Å². The van der Waals surface area contributed by atoms with Crippen molar-refractivity contribution < 1.29 is 24.2 Å². The predicted molar refractivity (Wildman–Crippen MR) is 117 cm³/mol. The number of ether oxygens (including phenoxy) is 2. The molecule has 6 nitrogen and oxygen atoms in total. The first-order valence-electron chi connectivity index (χ1n) is 10.2. The topological polar surface area (TPSA) is 76.1 Å². The molecule has 2 aliphatic rings. The van der Waals surface area contributed by atoms with Crippen molar-refractivity contribution in [1.82, 2.24) is 4.90 Å². The largest absolute Gasteiger partial charge is 0.507 e. The highest BCUT2D eigenvalue weighted by molar-refractivity contribution is 6.46. The molecular formula is C24H24ClNO5. The maximum atomic E-state index is 13.2. The number of halogens is 1. The molecule has 7 heteroatoms. The number of amides is 1. The zero-order valence-electron chi connectivity index (χ0n) is 17.4. The van der Waals surface area contributed by atoms with Crippen molar-refractivity contribution in [2.45, 2.75) is 37.8 Å². The number of hydrogen-bond acceptors (Lipinski definition) is 5. The Kier molecular flexibility index (Phi) is 5.92. The van der Waals surface area contributed by atoms with Crippen LogP contribution in [0.4, 0.5) is 0 Å². The van der Waals surface area contributed by atoms with Crippen LogP contribution in [0.3, 0.4) is 0 Å². The second-order valence-corrected chi connectivity index (χ2v) is 8.14. The third-order valence-electron chi connectivity index (χ3n) is 6.06. The van der Waals surface area contributed by atoms with Gasteiger partial charge in [-0.1, -0.05) is 42.6 Å². The molecule has 1 aliphatic heterocycles. The summed E-state index contributed by atoms with van der Waals surface area (Å²) in [7, 11) is 3.02. The maximum Gasteiger partial charge on any atom is 0.295 e. The van der Waals surface area contributed by atoms with Crippen LogP contribution in [0.1, 0.15) is 42.9 Å². The summed E-state index contributed by atoms with van der Waals surface area (Å²) >= 11 is 6.12. The van der Waals surface area contributed by atoms with Gasteiger partial charge in [-0.15, -0.1) is 0 Å². The first-order valence-corrected chi connectivity index (χ1v) is 10.6. The number of para-hydroxylation sites is 1. The minimum absolute atomic E-state index is 0.0470. The number of carbonyl (C=O) groups is 2. The van der Waals surface area contributed by atoms with Gasteiger partial charge in [0.25, 0.3) is 11.7 Å². The van der Waals surface area contributed by atoms with Gasteiger partial charge in [-0.2, -0.15) is 0 Å². The summed E-state index contributed by atoms with van der Waals surface area (Å²) < 4.78 is 10.8. The molecule has 2 aromatic carbocycles. The third-order valence-corrected chi connectivity index (χ3v) is 6.37. The molecule has 0 spiro atoms. The van der Waals surface area contributed by atoms with Crippen LogP contribution in [0.15, 0.2) is 48.0 Å². The number of hydrogen-bond donors (Lipinski definition) is 1. The van der Waals surface area contributed by atoms with Gasteiger partial charge in [-0.3, -0.25) is 9.59 Å². The molecule has 1 aliphatic carbocycles. The Hall–Kier alpha value is -2.99. The number of Topliss-reactive ketones (excluding diaryl/α,β-unsaturated/α-hetero) is 1. The van der Waals surface area contributed by atoms with Gasteiger partial charge >= 0.3 is 0 Å². The highest BCUT2D eigenvalue weighted by atomic mass is 35.5. The lowest BCUT2D eigenvalue weighted by Crippen LogP contribution is -2.37. The molecule has 0 bridgehead atoms. The van der Waals surface area contributed by atoms with Crippen molar-refractivity contribution in [2.75, 3.05) is 14.2 Å². The van der Waals surface area contributed by atoms with E-state index in [9.17, 15) is 14.7 Å². The molecule has 1 amide bonds. The van der Waals surface area contributed by atoms with Gasteiger partial charge in [0.2, 0.25) is 0 Å².